The van der Waals surface area contributed by atoms with E-state index in [1.54, 1.807) is 6.07 Å². The molecule has 0 bridgehead atoms. The molecule has 0 aliphatic rings. The Bertz CT molecular complexity index is 522. The molecule has 0 saturated carbocycles. The Kier molecular flexibility index (Phi) is 4.69. The molecule has 0 spiro atoms. The molecule has 2 aromatic rings. The van der Waals surface area contributed by atoms with Crippen LogP contribution in [0.5, 0.6) is 0 Å². The average molecular weight is 258 g/mol. The topological polar surface area (TPSA) is 20.2 Å². The highest BCUT2D eigenvalue weighted by Gasteiger charge is 2.08. The van der Waals surface area contributed by atoms with Gasteiger partial charge in [-0.1, -0.05) is 36.4 Å². The molecule has 1 unspecified atom stereocenters. The summed E-state index contributed by atoms with van der Waals surface area (Å²) in [7, 11) is 0. The van der Waals surface area contributed by atoms with Crippen molar-refractivity contribution in [1.29, 1.82) is 0 Å². The van der Waals surface area contributed by atoms with Gasteiger partial charge in [0.1, 0.15) is 5.82 Å². The molecule has 0 heterocycles. The van der Waals surface area contributed by atoms with Crippen molar-refractivity contribution in [3.8, 4) is 0 Å². The second-order valence-electron chi connectivity index (χ2n) is 4.95. The van der Waals surface area contributed by atoms with Crippen molar-refractivity contribution in [3.05, 3.63) is 71.0 Å². The number of benzene rings is 2. The third-order valence-electron chi connectivity index (χ3n) is 3.37. The fraction of sp³-hybridized carbons (Fsp3) is 0.294. The third kappa shape index (κ3) is 4.18. The molecular weight excluding hydrogens is 239 g/mol. The lowest BCUT2D eigenvalue weighted by Crippen LogP contribution is -2.12. The lowest BCUT2D eigenvalue weighted by atomic mass is 9.98. The first-order valence-corrected chi connectivity index (χ1v) is 6.62. The van der Waals surface area contributed by atoms with E-state index in [0.717, 1.165) is 24.0 Å². The first-order chi connectivity index (χ1) is 9.15. The lowest BCUT2D eigenvalue weighted by molar-refractivity contribution is 0.165. The molecule has 0 aromatic heterocycles. The number of halogens is 1. The molecule has 0 aliphatic heterocycles. The predicted molar refractivity (Wildman–Crippen MR) is 75.6 cm³/mol. The van der Waals surface area contributed by atoms with Gasteiger partial charge in [-0.25, -0.2) is 4.39 Å². The van der Waals surface area contributed by atoms with Crippen LogP contribution in [0.3, 0.4) is 0 Å². The van der Waals surface area contributed by atoms with Crippen LogP contribution in [-0.4, -0.2) is 11.2 Å². The van der Waals surface area contributed by atoms with Gasteiger partial charge in [0.05, 0.1) is 6.10 Å². The first-order valence-electron chi connectivity index (χ1n) is 6.62. The van der Waals surface area contributed by atoms with Crippen molar-refractivity contribution in [1.82, 2.24) is 0 Å². The molecule has 0 aliphatic carbocycles. The van der Waals surface area contributed by atoms with E-state index < -0.39 is 0 Å². The fourth-order valence-corrected chi connectivity index (χ4v) is 2.22. The largest absolute Gasteiger partial charge is 0.393 e. The first kappa shape index (κ1) is 13.8. The van der Waals surface area contributed by atoms with Gasteiger partial charge in [-0.3, -0.25) is 0 Å². The summed E-state index contributed by atoms with van der Waals surface area (Å²) in [6.45, 7) is 1.88. The van der Waals surface area contributed by atoms with E-state index in [2.05, 4.69) is 12.1 Å². The highest BCUT2D eigenvalue weighted by atomic mass is 19.1. The Hall–Kier alpha value is -1.67. The molecule has 1 nitrogen and oxygen atoms in total. The Morgan fingerprint density at radius 3 is 2.53 bits per heavy atom. The van der Waals surface area contributed by atoms with Gasteiger partial charge in [0, 0.05) is 0 Å². The van der Waals surface area contributed by atoms with Crippen LogP contribution in [-0.2, 0) is 12.8 Å². The SMILES string of the molecule is Cc1cc(F)ccc1CC(O)CCc1ccccc1. The molecular formula is C17H19FO. The Labute approximate surface area is 113 Å². The van der Waals surface area contributed by atoms with Crippen molar-refractivity contribution in [2.24, 2.45) is 0 Å². The minimum atomic E-state index is -0.385. The van der Waals surface area contributed by atoms with Gasteiger partial charge in [-0.05, 0) is 55.0 Å². The number of aliphatic hydroxyl groups excluding tert-OH is 1. The molecule has 2 heteroatoms. The number of rotatable bonds is 5. The van der Waals surface area contributed by atoms with Crippen LogP contribution >= 0.6 is 0 Å². The van der Waals surface area contributed by atoms with Gasteiger partial charge >= 0.3 is 0 Å². The highest BCUT2D eigenvalue weighted by molar-refractivity contribution is 5.27. The molecule has 0 saturated heterocycles. The van der Waals surface area contributed by atoms with Gasteiger partial charge in [0.2, 0.25) is 0 Å². The van der Waals surface area contributed by atoms with Crippen LogP contribution in [0.2, 0.25) is 0 Å². The minimum Gasteiger partial charge on any atom is -0.393 e. The summed E-state index contributed by atoms with van der Waals surface area (Å²) in [6, 6.07) is 14.9. The van der Waals surface area contributed by atoms with E-state index >= 15 is 0 Å². The zero-order chi connectivity index (χ0) is 13.7. The van der Waals surface area contributed by atoms with Crippen molar-refractivity contribution in [2.75, 3.05) is 0 Å². The van der Waals surface area contributed by atoms with Crippen molar-refractivity contribution >= 4 is 0 Å². The fourth-order valence-electron chi connectivity index (χ4n) is 2.22. The predicted octanol–water partition coefficient (Wildman–Crippen LogP) is 3.67. The molecule has 2 aromatic carbocycles. The van der Waals surface area contributed by atoms with Crippen LogP contribution < -0.4 is 0 Å². The maximum Gasteiger partial charge on any atom is 0.123 e. The number of hydrogen-bond acceptors (Lipinski definition) is 1. The van der Waals surface area contributed by atoms with Gasteiger partial charge in [-0.2, -0.15) is 0 Å². The van der Waals surface area contributed by atoms with Crippen molar-refractivity contribution < 1.29 is 9.50 Å². The summed E-state index contributed by atoms with van der Waals surface area (Å²) in [5.41, 5.74) is 3.15. The molecule has 100 valence electrons. The van der Waals surface area contributed by atoms with E-state index in [1.165, 1.54) is 17.7 Å². The summed E-state index contributed by atoms with van der Waals surface area (Å²) >= 11 is 0. The Morgan fingerprint density at radius 1 is 1.11 bits per heavy atom. The highest BCUT2D eigenvalue weighted by Crippen LogP contribution is 2.14. The summed E-state index contributed by atoms with van der Waals surface area (Å²) in [5.74, 6) is -0.222. The molecule has 19 heavy (non-hydrogen) atoms. The molecule has 1 atom stereocenters. The Balaban J connectivity index is 1.89. The standard InChI is InChI=1S/C17H19FO/c1-13-11-16(18)9-8-15(13)12-17(19)10-7-14-5-3-2-4-6-14/h2-6,8-9,11,17,19H,7,10,12H2,1H3. The quantitative estimate of drug-likeness (QED) is 0.867. The molecule has 1 N–H and O–H groups in total. The van der Waals surface area contributed by atoms with Gasteiger partial charge < -0.3 is 5.11 Å². The summed E-state index contributed by atoms with van der Waals surface area (Å²) in [4.78, 5) is 0. The van der Waals surface area contributed by atoms with Crippen LogP contribution in [0.25, 0.3) is 0 Å². The van der Waals surface area contributed by atoms with Crippen molar-refractivity contribution in [3.63, 3.8) is 0 Å². The zero-order valence-electron chi connectivity index (χ0n) is 11.1. The lowest BCUT2D eigenvalue weighted by Gasteiger charge is -2.12. The Morgan fingerprint density at radius 2 is 1.84 bits per heavy atom. The maximum absolute atomic E-state index is 13.0. The second-order valence-corrected chi connectivity index (χ2v) is 4.95. The van der Waals surface area contributed by atoms with Gasteiger partial charge in [0.15, 0.2) is 0 Å². The van der Waals surface area contributed by atoms with Crippen LogP contribution in [0.15, 0.2) is 48.5 Å². The van der Waals surface area contributed by atoms with Crippen molar-refractivity contribution in [2.45, 2.75) is 32.3 Å². The monoisotopic (exact) mass is 258 g/mol. The summed E-state index contributed by atoms with van der Waals surface area (Å²) in [5, 5.41) is 10.1. The van der Waals surface area contributed by atoms with E-state index in [0.29, 0.717) is 6.42 Å². The maximum atomic E-state index is 13.0. The van der Waals surface area contributed by atoms with E-state index in [9.17, 15) is 9.50 Å². The summed E-state index contributed by atoms with van der Waals surface area (Å²) in [6.07, 6.45) is 1.78. The average Bonchev–Trinajstić information content (AvgIpc) is 2.41. The van der Waals surface area contributed by atoms with Crippen LogP contribution in [0.1, 0.15) is 23.1 Å². The molecule has 0 amide bonds. The zero-order valence-corrected chi connectivity index (χ0v) is 11.1. The molecule has 2 rings (SSSR count). The number of hydrogen-bond donors (Lipinski definition) is 1. The number of aryl methyl sites for hydroxylation is 2. The third-order valence-corrected chi connectivity index (χ3v) is 3.37. The van der Waals surface area contributed by atoms with Crippen LogP contribution in [0, 0.1) is 12.7 Å². The van der Waals surface area contributed by atoms with E-state index in [-0.39, 0.29) is 11.9 Å². The normalized spacial score (nSPS) is 12.4. The molecule has 0 radical (unpaired) electrons. The smallest absolute Gasteiger partial charge is 0.123 e. The van der Waals surface area contributed by atoms with Crippen LogP contribution in [0.4, 0.5) is 4.39 Å². The molecule has 0 fully saturated rings. The summed E-state index contributed by atoms with van der Waals surface area (Å²) < 4.78 is 13.0. The number of aliphatic hydroxyl groups is 1. The van der Waals surface area contributed by atoms with Gasteiger partial charge in [0.25, 0.3) is 0 Å². The second kappa shape index (κ2) is 6.48. The van der Waals surface area contributed by atoms with Gasteiger partial charge in [-0.15, -0.1) is 0 Å². The van der Waals surface area contributed by atoms with E-state index in [4.69, 9.17) is 0 Å². The van der Waals surface area contributed by atoms with E-state index in [1.807, 2.05) is 25.1 Å². The minimum absolute atomic E-state index is 0.222.